The van der Waals surface area contributed by atoms with Crippen LogP contribution in [0.4, 0.5) is 0 Å². The Bertz CT molecular complexity index is 601. The molecule has 0 aliphatic carbocycles. The van der Waals surface area contributed by atoms with Crippen LogP contribution in [-0.4, -0.2) is 45.9 Å². The van der Waals surface area contributed by atoms with Gasteiger partial charge in [0.05, 0.1) is 13.2 Å². The van der Waals surface area contributed by atoms with Crippen molar-refractivity contribution in [2.75, 3.05) is 39.6 Å². The summed E-state index contributed by atoms with van der Waals surface area (Å²) in [7, 11) is 0. The van der Waals surface area contributed by atoms with Gasteiger partial charge in [0, 0.05) is 26.2 Å². The summed E-state index contributed by atoms with van der Waals surface area (Å²) >= 11 is 11.3. The number of hydrogen-bond acceptors (Lipinski definition) is 5. The van der Waals surface area contributed by atoms with Crippen molar-refractivity contribution >= 4 is 23.2 Å². The lowest BCUT2D eigenvalue weighted by Gasteiger charge is -2.17. The molecule has 0 N–H and O–H groups in total. The lowest BCUT2D eigenvalue weighted by atomic mass is 10.0. The van der Waals surface area contributed by atoms with Crippen molar-refractivity contribution < 1.29 is 23.7 Å². The zero-order valence-corrected chi connectivity index (χ0v) is 20.9. The summed E-state index contributed by atoms with van der Waals surface area (Å²) < 4.78 is 28.9. The highest BCUT2D eigenvalue weighted by Gasteiger charge is 2.11. The van der Waals surface area contributed by atoms with Crippen molar-refractivity contribution in [2.24, 2.45) is 0 Å². The van der Waals surface area contributed by atoms with Gasteiger partial charge in [-0.15, -0.1) is 0 Å². The van der Waals surface area contributed by atoms with E-state index in [4.69, 9.17) is 46.9 Å². The van der Waals surface area contributed by atoms with Crippen LogP contribution in [0.5, 0.6) is 11.5 Å². The first-order valence-electron chi connectivity index (χ1n) is 11.3. The highest BCUT2D eigenvalue weighted by atomic mass is 35.5. The third-order valence-electron chi connectivity index (χ3n) is 4.60. The quantitative estimate of drug-likeness (QED) is 0.179. The van der Waals surface area contributed by atoms with Gasteiger partial charge in [-0.1, -0.05) is 37.0 Å². The van der Waals surface area contributed by atoms with Crippen molar-refractivity contribution in [1.29, 1.82) is 0 Å². The molecule has 0 aliphatic heterocycles. The molecule has 31 heavy (non-hydrogen) atoms. The van der Waals surface area contributed by atoms with Gasteiger partial charge in [0.2, 0.25) is 0 Å². The van der Waals surface area contributed by atoms with Gasteiger partial charge in [0.15, 0.2) is 6.29 Å². The SMILES string of the molecule is CCOC(CCOCCCCOc1c(CC)cc(OCC=C(Cl)Cl)cc1CC)OCC. The van der Waals surface area contributed by atoms with Gasteiger partial charge in [0.25, 0.3) is 0 Å². The summed E-state index contributed by atoms with van der Waals surface area (Å²) in [4.78, 5) is 0. The van der Waals surface area contributed by atoms with Crippen LogP contribution in [0.3, 0.4) is 0 Å². The molecule has 0 atom stereocenters. The molecule has 0 aromatic heterocycles. The van der Waals surface area contributed by atoms with E-state index in [-0.39, 0.29) is 10.8 Å². The molecule has 0 spiro atoms. The van der Waals surface area contributed by atoms with Crippen molar-refractivity contribution in [2.45, 2.75) is 66.1 Å². The minimum atomic E-state index is -0.173. The molecule has 0 unspecified atom stereocenters. The second kappa shape index (κ2) is 17.6. The molecule has 7 heteroatoms. The van der Waals surface area contributed by atoms with E-state index in [1.54, 1.807) is 6.08 Å². The molecule has 1 aromatic carbocycles. The molecule has 0 radical (unpaired) electrons. The Morgan fingerprint density at radius 3 is 2.03 bits per heavy atom. The standard InChI is InChI=1S/C24H38Cl2O5/c1-5-19-17-21(30-16-11-22(25)26)18-20(6-2)24(19)31-14-10-9-13-27-15-12-23(28-7-3)29-8-4/h11,17-18,23H,5-10,12-16H2,1-4H3. The first-order chi connectivity index (χ1) is 15.0. The molecular weight excluding hydrogens is 439 g/mol. The van der Waals surface area contributed by atoms with Gasteiger partial charge < -0.3 is 23.7 Å². The fraction of sp³-hybridized carbons (Fsp3) is 0.667. The Hall–Kier alpha value is -0.980. The highest BCUT2D eigenvalue weighted by molar-refractivity contribution is 6.55. The molecule has 0 bridgehead atoms. The molecule has 0 heterocycles. The molecule has 0 saturated heterocycles. The van der Waals surface area contributed by atoms with Crippen LogP contribution >= 0.6 is 23.2 Å². The largest absolute Gasteiger partial charge is 0.493 e. The number of unbranched alkanes of at least 4 members (excludes halogenated alkanes) is 1. The fourth-order valence-corrected chi connectivity index (χ4v) is 3.19. The van der Waals surface area contributed by atoms with E-state index in [1.165, 1.54) is 0 Å². The first kappa shape index (κ1) is 28.1. The monoisotopic (exact) mass is 476 g/mol. The normalized spacial score (nSPS) is 11.1. The van der Waals surface area contributed by atoms with Crippen LogP contribution in [0.1, 0.15) is 58.1 Å². The third-order valence-corrected chi connectivity index (χ3v) is 4.91. The summed E-state index contributed by atoms with van der Waals surface area (Å²) in [6.45, 7) is 11.8. The minimum Gasteiger partial charge on any atom is -0.493 e. The number of hydrogen-bond donors (Lipinski definition) is 0. The smallest absolute Gasteiger partial charge is 0.159 e. The van der Waals surface area contributed by atoms with Gasteiger partial charge in [0.1, 0.15) is 22.6 Å². The van der Waals surface area contributed by atoms with Crippen LogP contribution in [0.2, 0.25) is 0 Å². The fourth-order valence-electron chi connectivity index (χ4n) is 3.07. The van der Waals surface area contributed by atoms with E-state index >= 15 is 0 Å². The highest BCUT2D eigenvalue weighted by Crippen LogP contribution is 2.31. The molecule has 5 nitrogen and oxygen atoms in total. The van der Waals surface area contributed by atoms with Gasteiger partial charge in [-0.25, -0.2) is 0 Å². The topological polar surface area (TPSA) is 46.2 Å². The first-order valence-corrected chi connectivity index (χ1v) is 12.0. The lowest BCUT2D eigenvalue weighted by molar-refractivity contribution is -0.146. The van der Waals surface area contributed by atoms with E-state index in [9.17, 15) is 0 Å². The molecule has 0 amide bonds. The van der Waals surface area contributed by atoms with Crippen molar-refractivity contribution in [3.8, 4) is 11.5 Å². The summed E-state index contributed by atoms with van der Waals surface area (Å²) in [5.74, 6) is 1.78. The minimum absolute atomic E-state index is 0.173. The van der Waals surface area contributed by atoms with Crippen LogP contribution in [0.25, 0.3) is 0 Å². The van der Waals surface area contributed by atoms with Crippen LogP contribution in [0.15, 0.2) is 22.7 Å². The molecule has 0 aliphatic rings. The molecule has 1 aromatic rings. The number of benzene rings is 1. The van der Waals surface area contributed by atoms with Crippen molar-refractivity contribution in [1.82, 2.24) is 0 Å². The third kappa shape index (κ3) is 12.0. The van der Waals surface area contributed by atoms with E-state index in [1.807, 2.05) is 26.0 Å². The Labute approximate surface area is 197 Å². The lowest BCUT2D eigenvalue weighted by Crippen LogP contribution is -2.19. The Morgan fingerprint density at radius 2 is 1.48 bits per heavy atom. The second-order valence-electron chi connectivity index (χ2n) is 6.88. The van der Waals surface area contributed by atoms with E-state index in [0.29, 0.717) is 39.6 Å². The molecule has 0 fully saturated rings. The molecule has 178 valence electrons. The number of aryl methyl sites for hydroxylation is 2. The van der Waals surface area contributed by atoms with Gasteiger partial charge in [-0.05, 0) is 68.9 Å². The average Bonchev–Trinajstić information content (AvgIpc) is 2.75. The molecule has 1 rings (SSSR count). The Balaban J connectivity index is 2.41. The number of ether oxygens (including phenoxy) is 5. The maximum atomic E-state index is 6.15. The van der Waals surface area contributed by atoms with Crippen molar-refractivity contribution in [3.05, 3.63) is 33.8 Å². The summed E-state index contributed by atoms with van der Waals surface area (Å²) in [6, 6.07) is 4.06. The van der Waals surface area contributed by atoms with Crippen LogP contribution in [0, 0.1) is 0 Å². The number of rotatable bonds is 18. The van der Waals surface area contributed by atoms with Gasteiger partial charge in [-0.2, -0.15) is 0 Å². The van der Waals surface area contributed by atoms with Gasteiger partial charge >= 0.3 is 0 Å². The zero-order valence-electron chi connectivity index (χ0n) is 19.4. The molecule has 0 saturated carbocycles. The van der Waals surface area contributed by atoms with E-state index in [0.717, 1.165) is 54.7 Å². The Kier molecular flexibility index (Phi) is 15.9. The maximum absolute atomic E-state index is 6.15. The molecular formula is C24H38Cl2O5. The van der Waals surface area contributed by atoms with E-state index < -0.39 is 0 Å². The van der Waals surface area contributed by atoms with Crippen LogP contribution < -0.4 is 9.47 Å². The van der Waals surface area contributed by atoms with Crippen molar-refractivity contribution in [3.63, 3.8) is 0 Å². The summed E-state index contributed by atoms with van der Waals surface area (Å²) in [5, 5.41) is 0. The Morgan fingerprint density at radius 1 is 0.871 bits per heavy atom. The predicted octanol–water partition coefficient (Wildman–Crippen LogP) is 6.47. The average molecular weight is 477 g/mol. The van der Waals surface area contributed by atoms with Gasteiger partial charge in [-0.3, -0.25) is 0 Å². The summed E-state index contributed by atoms with van der Waals surface area (Å²) in [6.07, 6.45) is 5.83. The zero-order chi connectivity index (χ0) is 22.9. The maximum Gasteiger partial charge on any atom is 0.159 e. The van der Waals surface area contributed by atoms with E-state index in [2.05, 4.69) is 13.8 Å². The van der Waals surface area contributed by atoms with Crippen LogP contribution in [-0.2, 0) is 27.1 Å². The predicted molar refractivity (Wildman–Crippen MR) is 128 cm³/mol. The summed E-state index contributed by atoms with van der Waals surface area (Å²) in [5.41, 5.74) is 2.29. The second-order valence-corrected chi connectivity index (χ2v) is 7.89. The number of halogens is 2.